The van der Waals surface area contributed by atoms with Crippen LogP contribution in [0.3, 0.4) is 0 Å². The Kier molecular flexibility index (Phi) is 8.58. The minimum Gasteiger partial charge on any atom is -0.503 e. The van der Waals surface area contributed by atoms with Gasteiger partial charge >= 0.3 is 0 Å². The fraction of sp³-hybridized carbons (Fsp3) is 0.391. The predicted molar refractivity (Wildman–Crippen MR) is 124 cm³/mol. The third-order valence-electron chi connectivity index (χ3n) is 5.16. The Morgan fingerprint density at radius 3 is 2.78 bits per heavy atom. The molecule has 0 radical (unpaired) electrons. The number of rotatable bonds is 10. The number of nitrogens with one attached hydrogen (secondary N) is 3. The molecule has 8 nitrogen and oxygen atoms in total. The van der Waals surface area contributed by atoms with Crippen molar-refractivity contribution in [2.45, 2.75) is 44.7 Å². The minimum atomic E-state index is -0.272. The Balaban J connectivity index is 1.66. The molecule has 1 amide bonds. The van der Waals surface area contributed by atoms with Crippen LogP contribution >= 0.6 is 11.6 Å². The molecule has 2 aromatic rings. The molecule has 1 aliphatic rings. The second-order valence-corrected chi connectivity index (χ2v) is 7.95. The van der Waals surface area contributed by atoms with Crippen LogP contribution < -0.4 is 25.8 Å². The third-order valence-corrected chi connectivity index (χ3v) is 5.44. The predicted octanol–water partition coefficient (Wildman–Crippen LogP) is 3.68. The number of halogens is 1. The second kappa shape index (κ2) is 11.6. The van der Waals surface area contributed by atoms with E-state index in [1.165, 1.54) is 7.11 Å². The number of phenols is 1. The van der Waals surface area contributed by atoms with Gasteiger partial charge in [-0.1, -0.05) is 43.5 Å². The van der Waals surface area contributed by atoms with Gasteiger partial charge in [-0.2, -0.15) is 5.10 Å². The number of hydrazine groups is 1. The number of ether oxygens (including phenoxy) is 2. The van der Waals surface area contributed by atoms with Crippen molar-refractivity contribution >= 4 is 23.7 Å². The number of phenolic OH excluding ortho intramolecular Hbond substituents is 1. The fourth-order valence-corrected chi connectivity index (χ4v) is 3.63. The van der Waals surface area contributed by atoms with Gasteiger partial charge in [-0.25, -0.2) is 5.43 Å². The van der Waals surface area contributed by atoms with Crippen LogP contribution in [0.4, 0.5) is 0 Å². The highest BCUT2D eigenvalue weighted by molar-refractivity contribution is 6.32. The smallest absolute Gasteiger partial charge is 0.236 e. The van der Waals surface area contributed by atoms with Gasteiger partial charge in [-0.3, -0.25) is 10.2 Å². The maximum absolute atomic E-state index is 11.9. The molecule has 0 bridgehead atoms. The van der Waals surface area contributed by atoms with Crippen LogP contribution in [0.15, 0.2) is 41.5 Å². The summed E-state index contributed by atoms with van der Waals surface area (Å²) < 4.78 is 10.9. The summed E-state index contributed by atoms with van der Waals surface area (Å²) in [5.41, 5.74) is 10.4. The van der Waals surface area contributed by atoms with Crippen LogP contribution in [0, 0.1) is 0 Å². The number of hydrogen-bond donors (Lipinski definition) is 4. The summed E-state index contributed by atoms with van der Waals surface area (Å²) >= 11 is 6.02. The Labute approximate surface area is 192 Å². The van der Waals surface area contributed by atoms with E-state index < -0.39 is 0 Å². The highest BCUT2D eigenvalue weighted by Gasteiger charge is 2.30. The lowest BCUT2D eigenvalue weighted by Crippen LogP contribution is -2.55. The number of carbonyl (C=O) groups is 1. The summed E-state index contributed by atoms with van der Waals surface area (Å²) in [6.07, 6.45) is 5.16. The van der Waals surface area contributed by atoms with Crippen LogP contribution in [0.25, 0.3) is 0 Å². The van der Waals surface area contributed by atoms with Crippen molar-refractivity contribution in [3.05, 3.63) is 52.5 Å². The average molecular weight is 461 g/mol. The molecule has 1 saturated heterocycles. The van der Waals surface area contributed by atoms with Gasteiger partial charge in [0, 0.05) is 0 Å². The van der Waals surface area contributed by atoms with E-state index in [0.29, 0.717) is 12.2 Å². The van der Waals surface area contributed by atoms with E-state index in [0.717, 1.165) is 30.6 Å². The first-order valence-corrected chi connectivity index (χ1v) is 11.0. The summed E-state index contributed by atoms with van der Waals surface area (Å²) in [5.74, 6) is 0.836. The zero-order chi connectivity index (χ0) is 22.9. The van der Waals surface area contributed by atoms with Crippen LogP contribution in [0.5, 0.6) is 17.2 Å². The molecule has 32 heavy (non-hydrogen) atoms. The molecular weight excluding hydrogens is 432 g/mol. The van der Waals surface area contributed by atoms with Gasteiger partial charge in [0.2, 0.25) is 5.91 Å². The summed E-state index contributed by atoms with van der Waals surface area (Å²) in [4.78, 5) is 11.9. The number of benzene rings is 2. The first-order chi connectivity index (χ1) is 15.5. The van der Waals surface area contributed by atoms with E-state index in [1.807, 2.05) is 24.3 Å². The molecule has 1 aliphatic heterocycles. The normalized spacial score (nSPS) is 18.4. The van der Waals surface area contributed by atoms with Crippen LogP contribution in [-0.4, -0.2) is 37.0 Å². The molecular formula is C23H29ClN4O4. The molecule has 9 heteroatoms. The maximum Gasteiger partial charge on any atom is 0.236 e. The molecule has 4 N–H and O–H groups in total. The molecule has 1 fully saturated rings. The SMILES string of the molecule is CCCCCOc1ccc(C2NNC(=O)CC2N/N=C/c2cc(Cl)c(O)c(OC)c2)cc1. The number of carbonyl (C=O) groups excluding carboxylic acids is 1. The van der Waals surface area contributed by atoms with Crippen LogP contribution in [-0.2, 0) is 4.79 Å². The van der Waals surface area contributed by atoms with Gasteiger partial charge < -0.3 is 20.0 Å². The van der Waals surface area contributed by atoms with Gasteiger partial charge in [0.15, 0.2) is 11.5 Å². The zero-order valence-corrected chi connectivity index (χ0v) is 19.0. The number of hydrogen-bond acceptors (Lipinski definition) is 7. The number of amides is 1. The number of aromatic hydroxyl groups is 1. The van der Waals surface area contributed by atoms with E-state index in [1.54, 1.807) is 18.3 Å². The molecule has 3 rings (SSSR count). The topological polar surface area (TPSA) is 104 Å². The molecule has 1 heterocycles. The van der Waals surface area contributed by atoms with Crippen molar-refractivity contribution in [1.29, 1.82) is 0 Å². The fourth-order valence-electron chi connectivity index (χ4n) is 3.41. The summed E-state index contributed by atoms with van der Waals surface area (Å²) in [6.45, 7) is 2.87. The number of unbranched alkanes of at least 4 members (excludes halogenated alkanes) is 2. The monoisotopic (exact) mass is 460 g/mol. The quantitative estimate of drug-likeness (QED) is 0.245. The molecule has 0 spiro atoms. The van der Waals surface area contributed by atoms with Gasteiger partial charge in [0.1, 0.15) is 5.75 Å². The van der Waals surface area contributed by atoms with Crippen molar-refractivity contribution in [2.24, 2.45) is 5.10 Å². The van der Waals surface area contributed by atoms with Crippen molar-refractivity contribution in [1.82, 2.24) is 16.3 Å². The standard InChI is InChI=1S/C23H29ClN4O4/c1-3-4-5-10-32-17-8-6-16(7-9-17)22-19(13-21(29)27-28-22)26-25-14-15-11-18(24)23(30)20(12-15)31-2/h6-9,11-12,14,19,22,26,28,30H,3-5,10,13H2,1-2H3,(H,27,29)/b25-14+. The Morgan fingerprint density at radius 1 is 1.28 bits per heavy atom. The maximum atomic E-state index is 11.9. The van der Waals surface area contributed by atoms with Gasteiger partial charge in [0.05, 0.1) is 43.5 Å². The largest absolute Gasteiger partial charge is 0.503 e. The summed E-state index contributed by atoms with van der Waals surface area (Å²) in [6, 6.07) is 10.6. The first kappa shape index (κ1) is 23.7. The molecule has 2 aromatic carbocycles. The van der Waals surface area contributed by atoms with Gasteiger partial charge in [-0.15, -0.1) is 0 Å². The number of methoxy groups -OCH3 is 1. The van der Waals surface area contributed by atoms with Crippen LogP contribution in [0.1, 0.15) is 49.8 Å². The molecule has 0 aliphatic carbocycles. The first-order valence-electron chi connectivity index (χ1n) is 10.6. The highest BCUT2D eigenvalue weighted by atomic mass is 35.5. The zero-order valence-electron chi connectivity index (χ0n) is 18.2. The van der Waals surface area contributed by atoms with Crippen molar-refractivity contribution in [3.8, 4) is 17.2 Å². The van der Waals surface area contributed by atoms with E-state index >= 15 is 0 Å². The lowest BCUT2D eigenvalue weighted by atomic mass is 9.96. The van der Waals surface area contributed by atoms with Crippen molar-refractivity contribution in [3.63, 3.8) is 0 Å². The molecule has 2 unspecified atom stereocenters. The van der Waals surface area contributed by atoms with E-state index in [9.17, 15) is 9.90 Å². The molecule has 0 saturated carbocycles. The van der Waals surface area contributed by atoms with Crippen LogP contribution in [0.2, 0.25) is 5.02 Å². The molecule has 2 atom stereocenters. The minimum absolute atomic E-state index is 0.120. The highest BCUT2D eigenvalue weighted by Crippen LogP contribution is 2.34. The van der Waals surface area contributed by atoms with E-state index in [4.69, 9.17) is 21.1 Å². The average Bonchev–Trinajstić information content (AvgIpc) is 2.79. The van der Waals surface area contributed by atoms with Gasteiger partial charge in [-0.05, 0) is 41.8 Å². The van der Waals surface area contributed by atoms with Crippen molar-refractivity contribution < 1.29 is 19.4 Å². The number of nitrogens with zero attached hydrogens (tertiary/aromatic N) is 1. The molecule has 0 aromatic heterocycles. The molecule has 172 valence electrons. The Bertz CT molecular complexity index is 936. The second-order valence-electron chi connectivity index (χ2n) is 7.55. The van der Waals surface area contributed by atoms with Gasteiger partial charge in [0.25, 0.3) is 0 Å². The Hall–Kier alpha value is -2.97. The lowest BCUT2D eigenvalue weighted by Gasteiger charge is -2.32. The Morgan fingerprint density at radius 2 is 2.06 bits per heavy atom. The summed E-state index contributed by atoms with van der Waals surface area (Å²) in [7, 11) is 1.45. The van der Waals surface area contributed by atoms with Crippen molar-refractivity contribution in [2.75, 3.05) is 13.7 Å². The summed E-state index contributed by atoms with van der Waals surface area (Å²) in [5, 5.41) is 14.3. The third kappa shape index (κ3) is 6.27. The van der Waals surface area contributed by atoms with E-state index in [-0.39, 0.29) is 40.9 Å². The number of hydrazone groups is 1. The lowest BCUT2D eigenvalue weighted by molar-refractivity contribution is -0.125. The van der Waals surface area contributed by atoms with E-state index in [2.05, 4.69) is 28.3 Å².